The lowest BCUT2D eigenvalue weighted by atomic mass is 9.68. The van der Waals surface area contributed by atoms with Crippen LogP contribution < -0.4 is 43.1 Å². The molecule has 6 aromatic rings. The van der Waals surface area contributed by atoms with Gasteiger partial charge in [0.15, 0.2) is 0 Å². The summed E-state index contributed by atoms with van der Waals surface area (Å²) in [5, 5.41) is 1.97. The zero-order chi connectivity index (χ0) is 92.7. The second kappa shape index (κ2) is 42.5. The Morgan fingerprint density at radius 3 is 1.08 bits per heavy atom. The van der Waals surface area contributed by atoms with Crippen molar-refractivity contribution in [3.63, 3.8) is 0 Å². The first-order valence-electron chi connectivity index (χ1n) is 47.5. The second-order valence-corrected chi connectivity index (χ2v) is 46.6. The van der Waals surface area contributed by atoms with Gasteiger partial charge in [-0.2, -0.15) is 0 Å². The number of nitrogens with one attached hydrogen (secondary N) is 3. The van der Waals surface area contributed by atoms with Crippen LogP contribution in [-0.2, 0) is 93.7 Å². The number of aryl methyl sites for hydroxylation is 3. The lowest BCUT2D eigenvalue weighted by molar-refractivity contribution is -0.0310. The van der Waals surface area contributed by atoms with Gasteiger partial charge in [-0.15, -0.1) is 0 Å². The Kier molecular flexibility index (Phi) is 31.4. The second-order valence-electron chi connectivity index (χ2n) is 39.3. The number of ether oxygens (including phenoxy) is 9. The number of hydrogen-bond acceptors (Lipinski definition) is 20. The molecule has 3 fully saturated rings. The number of allylic oxidation sites excluding steroid dienone is 3. The highest BCUT2D eigenvalue weighted by atomic mass is 35.5. The predicted molar refractivity (Wildman–Crippen MR) is 523 cm³/mol. The largest absolute Gasteiger partial charge is 0.490 e. The van der Waals surface area contributed by atoms with Crippen LogP contribution in [0.15, 0.2) is 146 Å². The number of fused-ring (bicyclic) bond motifs is 12. The Morgan fingerprint density at radius 1 is 0.424 bits per heavy atom. The first-order valence-corrected chi connectivity index (χ1v) is 53.8. The van der Waals surface area contributed by atoms with Gasteiger partial charge in [-0.25, -0.2) is 30.5 Å². The Bertz CT molecular complexity index is 5380. The fourth-order valence-electron chi connectivity index (χ4n) is 22.5. The van der Waals surface area contributed by atoms with E-state index in [1.165, 1.54) is 33.4 Å². The van der Waals surface area contributed by atoms with E-state index < -0.39 is 41.6 Å². The molecule has 12 aliphatic rings. The van der Waals surface area contributed by atoms with Crippen molar-refractivity contribution in [2.75, 3.05) is 146 Å². The summed E-state index contributed by atoms with van der Waals surface area (Å²) < 4.78 is 128. The minimum atomic E-state index is -3.83. The molecular formula is C103H131Cl3N6O17S3. The van der Waals surface area contributed by atoms with Gasteiger partial charge in [0, 0.05) is 114 Å². The van der Waals surface area contributed by atoms with Gasteiger partial charge >= 0.3 is 0 Å². The van der Waals surface area contributed by atoms with Gasteiger partial charge in [-0.3, -0.25) is 19.1 Å². The van der Waals surface area contributed by atoms with Crippen LogP contribution in [0.25, 0.3) is 0 Å². The molecule has 714 valence electrons. The number of sulfonamides is 2. The van der Waals surface area contributed by atoms with Crippen LogP contribution in [-0.4, -0.2) is 200 Å². The molecule has 18 rings (SSSR count). The van der Waals surface area contributed by atoms with Crippen LogP contribution in [0.2, 0.25) is 15.1 Å². The zero-order valence-corrected chi connectivity index (χ0v) is 81.8. The van der Waals surface area contributed by atoms with E-state index in [1.807, 2.05) is 75.4 Å². The molecular weight excluding hydrogens is 1800 g/mol. The number of anilines is 3. The van der Waals surface area contributed by atoms with Crippen molar-refractivity contribution in [3.05, 3.63) is 211 Å². The molecule has 1 unspecified atom stereocenters. The maximum atomic E-state index is 13.5. The predicted octanol–water partition coefficient (Wildman–Crippen LogP) is 17.0. The summed E-state index contributed by atoms with van der Waals surface area (Å²) in [4.78, 5) is 47.3. The van der Waals surface area contributed by atoms with Crippen LogP contribution in [0.1, 0.15) is 188 Å². The SMILES string of the molecule is C=S1(=O)NC(=O)c2ccc3c(c2)N(C[C@@H]2CC[C@H]2[C@@H](OCCOC)/C=C/CC[C@H]1C)C[C@@]1(CCCc2cc(Cl)ccc21)CO3.COCCO[C@H]1/C=C/C[C@@H](C)CS(=O)(=O)NC(=O)c2ccc3c(c2)N(C[C@@H]2CC[C@H]21)C[C@@]1(CCCc2cc(Cl)ccc21)CO3.COCCO[C@H]1/C=C/C[C@H](C)CS(=O)(=O)NC(=O)c2ccc3c(c2)N(C[C@@H]2CC[C@H]21)C[C@@]1(CCCc2cc(Cl)ccc21)CO3. The summed E-state index contributed by atoms with van der Waals surface area (Å²) in [6, 6.07) is 34.9. The van der Waals surface area contributed by atoms with E-state index >= 15 is 0 Å². The number of hydrogen-bond donors (Lipinski definition) is 3. The van der Waals surface area contributed by atoms with Crippen LogP contribution in [0, 0.1) is 47.3 Å². The van der Waals surface area contributed by atoms with Crippen molar-refractivity contribution in [1.29, 1.82) is 0 Å². The summed E-state index contributed by atoms with van der Waals surface area (Å²) >= 11 is 19.3. The van der Waals surface area contributed by atoms with E-state index in [0.717, 1.165) is 180 Å². The van der Waals surface area contributed by atoms with Crippen molar-refractivity contribution in [2.24, 2.45) is 47.3 Å². The van der Waals surface area contributed by atoms with Crippen LogP contribution >= 0.6 is 34.8 Å². The first kappa shape index (κ1) is 97.4. The monoisotopic (exact) mass is 1920 g/mol. The summed E-state index contributed by atoms with van der Waals surface area (Å²) in [7, 11) is -5.49. The molecule has 3 amide bonds. The molecule has 29 heteroatoms. The number of halogens is 3. The van der Waals surface area contributed by atoms with E-state index in [0.29, 0.717) is 142 Å². The van der Waals surface area contributed by atoms with E-state index in [4.69, 9.17) is 77.4 Å². The summed E-state index contributed by atoms with van der Waals surface area (Å²) in [6.45, 7) is 15.0. The highest BCUT2D eigenvalue weighted by Crippen LogP contribution is 2.53. The molecule has 3 spiro atoms. The number of amides is 3. The lowest BCUT2D eigenvalue weighted by Crippen LogP contribution is -2.49. The standard InChI is InChI=1S/C35H45ClN2O5S.2C34H43ClN2O6S/c1-24-7-4-5-9-32(42-18-17-41-2)29-13-10-27(29)21-38-22-35(16-6-8-25-19-28(36)12-14-30(25)35)23-43-33-15-11-26(20-31(33)38)34(39)37-44(24,3)40;2*1-23-5-3-7-31(42-16-15-41-2)28-11-8-26(28)19-37-21-34(14-4-6-24-17-27(35)10-12-29(24)34)22-43-32-13-9-25(18-30(32)37)33(38)36-44(39,40)20-23/h5,9,11-12,14-15,19-20,24,27,29,32H,3-4,6-8,10,13,16-18,21-23H2,1-2H3,(H,37,39,40);2*3,7,9-10,12-13,17-18,23,26,28,31H,4-6,8,11,14-16,19-22H2,1-2H3,(H,36,38)/b9-5+;2*7-3+/t24-,27+,29-,32+,35+,44?;23-,26+,28-,31+,34+;23-,26-,28+,31-,34-/m110/s1. The van der Waals surface area contributed by atoms with Crippen LogP contribution in [0.5, 0.6) is 17.2 Å². The smallest absolute Gasteiger partial charge is 0.264 e. The third-order valence-corrected chi connectivity index (χ3v) is 35.7. The zero-order valence-electron chi connectivity index (χ0n) is 77.1. The molecule has 0 saturated heterocycles. The molecule has 16 atom stereocenters. The number of carbonyl (C=O) groups is 3. The number of methoxy groups -OCH3 is 3. The van der Waals surface area contributed by atoms with Gasteiger partial charge < -0.3 is 57.3 Å². The normalized spacial score (nSPS) is 31.3. The number of carbonyl (C=O) groups excluding carboxylic acids is 3. The van der Waals surface area contributed by atoms with Crippen LogP contribution in [0.4, 0.5) is 17.1 Å². The van der Waals surface area contributed by atoms with E-state index in [1.54, 1.807) is 51.7 Å². The molecule has 6 aliphatic carbocycles. The molecule has 6 aliphatic heterocycles. The average Bonchev–Trinajstić information content (AvgIpc) is 1.50. The van der Waals surface area contributed by atoms with Gasteiger partial charge in [0.25, 0.3) is 17.7 Å². The highest BCUT2D eigenvalue weighted by Gasteiger charge is 2.50. The van der Waals surface area contributed by atoms with Crippen molar-refractivity contribution in [3.8, 4) is 17.2 Å². The van der Waals surface area contributed by atoms with Gasteiger partial charge in [0.1, 0.15) is 17.2 Å². The Balaban J connectivity index is 0.000000144. The van der Waals surface area contributed by atoms with Crippen molar-refractivity contribution < 1.29 is 78.1 Å². The number of rotatable bonds is 12. The van der Waals surface area contributed by atoms with Crippen molar-refractivity contribution in [1.82, 2.24) is 14.2 Å². The first-order chi connectivity index (χ1) is 63.5. The molecule has 6 bridgehead atoms. The van der Waals surface area contributed by atoms with Gasteiger partial charge in [0.05, 0.1) is 116 Å². The number of benzene rings is 6. The third-order valence-electron chi connectivity index (χ3n) is 30.0. The fraction of sp³-hybridized carbons (Fsp3) is 0.553. The minimum Gasteiger partial charge on any atom is -0.490 e. The highest BCUT2D eigenvalue weighted by molar-refractivity contribution is 7.99. The summed E-state index contributed by atoms with van der Waals surface area (Å²) in [6.07, 6.45) is 30.6. The topological polar surface area (TPSA) is 265 Å². The number of nitrogens with zero attached hydrogens (tertiary/aromatic N) is 3. The van der Waals surface area contributed by atoms with Crippen molar-refractivity contribution >= 4 is 105 Å². The Labute approximate surface area is 796 Å². The van der Waals surface area contributed by atoms with Crippen molar-refractivity contribution in [2.45, 2.75) is 183 Å². The summed E-state index contributed by atoms with van der Waals surface area (Å²) in [5.74, 6) is 6.12. The molecule has 3 saturated carbocycles. The van der Waals surface area contributed by atoms with Crippen LogP contribution in [0.3, 0.4) is 0 Å². The molecule has 23 nitrogen and oxygen atoms in total. The maximum Gasteiger partial charge on any atom is 0.264 e. The summed E-state index contributed by atoms with van der Waals surface area (Å²) in [5.41, 5.74) is 10.6. The molecule has 132 heavy (non-hydrogen) atoms. The molecule has 6 heterocycles. The molecule has 0 radical (unpaired) electrons. The average molecular weight is 1930 g/mol. The Hall–Kier alpha value is -7.70. The molecule has 3 N–H and O–H groups in total. The molecule has 6 aromatic carbocycles. The molecule has 0 aromatic heterocycles. The quantitative estimate of drug-likeness (QED) is 0.0584. The third kappa shape index (κ3) is 22.6. The van der Waals surface area contributed by atoms with Gasteiger partial charge in [-0.1, -0.05) is 103 Å². The fourth-order valence-corrected chi connectivity index (χ4v) is 26.9. The van der Waals surface area contributed by atoms with Gasteiger partial charge in [0.2, 0.25) is 20.0 Å². The Morgan fingerprint density at radius 2 is 0.758 bits per heavy atom. The van der Waals surface area contributed by atoms with E-state index in [-0.39, 0.29) is 69.1 Å². The maximum absolute atomic E-state index is 13.5. The van der Waals surface area contributed by atoms with Gasteiger partial charge in [-0.05, 0) is 307 Å². The van der Waals surface area contributed by atoms with E-state index in [2.05, 4.69) is 95.4 Å². The minimum absolute atomic E-state index is 0.0172. The lowest BCUT2D eigenvalue weighted by Gasteiger charge is -2.46. The van der Waals surface area contributed by atoms with E-state index in [9.17, 15) is 35.4 Å².